The first kappa shape index (κ1) is 12.8. The number of aryl methyl sites for hydroxylation is 1. The number of amides is 1. The summed E-state index contributed by atoms with van der Waals surface area (Å²) in [4.78, 5) is 13.9. The average Bonchev–Trinajstić information content (AvgIpc) is 2.69. The fourth-order valence-corrected chi connectivity index (χ4v) is 1.60. The molecule has 2 N–H and O–H groups in total. The van der Waals surface area contributed by atoms with E-state index >= 15 is 0 Å². The zero-order chi connectivity index (χ0) is 12.0. The quantitative estimate of drug-likeness (QED) is 0.801. The Balaban J connectivity index is 2.70. The number of nitrogens with two attached hydrogens (primary N) is 1. The van der Waals surface area contributed by atoms with Crippen LogP contribution in [-0.2, 0) is 0 Å². The van der Waals surface area contributed by atoms with Gasteiger partial charge in [0.1, 0.15) is 0 Å². The summed E-state index contributed by atoms with van der Waals surface area (Å²) in [7, 11) is 0. The molecule has 4 heteroatoms. The minimum Gasteiger partial charge on any atom is -0.459 e. The predicted molar refractivity (Wildman–Crippen MR) is 63.3 cm³/mol. The molecule has 0 aliphatic rings. The van der Waals surface area contributed by atoms with Crippen molar-refractivity contribution in [1.82, 2.24) is 4.90 Å². The predicted octanol–water partition coefficient (Wildman–Crippen LogP) is 1.79. The van der Waals surface area contributed by atoms with Crippen LogP contribution >= 0.6 is 0 Å². The molecule has 0 spiro atoms. The van der Waals surface area contributed by atoms with Crippen molar-refractivity contribution >= 4 is 5.91 Å². The smallest absolute Gasteiger partial charge is 0.289 e. The number of furan rings is 1. The van der Waals surface area contributed by atoms with Gasteiger partial charge in [0.15, 0.2) is 5.76 Å². The summed E-state index contributed by atoms with van der Waals surface area (Å²) < 4.78 is 5.21. The van der Waals surface area contributed by atoms with Crippen LogP contribution in [0.5, 0.6) is 0 Å². The van der Waals surface area contributed by atoms with Crippen LogP contribution in [0, 0.1) is 6.92 Å². The third-order valence-electron chi connectivity index (χ3n) is 2.47. The molecule has 0 aliphatic heterocycles. The van der Waals surface area contributed by atoms with E-state index in [9.17, 15) is 4.79 Å². The summed E-state index contributed by atoms with van der Waals surface area (Å²) in [5.74, 6) is 0.420. The van der Waals surface area contributed by atoms with Gasteiger partial charge >= 0.3 is 0 Å². The van der Waals surface area contributed by atoms with E-state index in [4.69, 9.17) is 10.2 Å². The van der Waals surface area contributed by atoms with Gasteiger partial charge < -0.3 is 15.1 Å². The SMILES string of the molecule is CCCN(CCCN)C(=O)c1occc1C. The zero-order valence-electron chi connectivity index (χ0n) is 10.0. The van der Waals surface area contributed by atoms with Crippen molar-refractivity contribution < 1.29 is 9.21 Å². The molecule has 0 atom stereocenters. The number of hydrogen-bond donors (Lipinski definition) is 1. The number of carbonyl (C=O) groups is 1. The minimum absolute atomic E-state index is 0.0298. The second kappa shape index (κ2) is 6.33. The second-order valence-corrected chi connectivity index (χ2v) is 3.87. The largest absolute Gasteiger partial charge is 0.459 e. The molecule has 1 heterocycles. The first-order valence-electron chi connectivity index (χ1n) is 5.74. The molecule has 0 aliphatic carbocycles. The third-order valence-corrected chi connectivity index (χ3v) is 2.47. The Bertz CT molecular complexity index is 334. The van der Waals surface area contributed by atoms with Gasteiger partial charge in [-0.05, 0) is 32.4 Å². The Morgan fingerprint density at radius 1 is 1.50 bits per heavy atom. The van der Waals surface area contributed by atoms with Gasteiger partial charge in [-0.3, -0.25) is 4.79 Å². The Hall–Kier alpha value is -1.29. The summed E-state index contributed by atoms with van der Waals surface area (Å²) in [6.07, 6.45) is 3.32. The molecule has 0 bridgehead atoms. The van der Waals surface area contributed by atoms with Crippen molar-refractivity contribution in [3.8, 4) is 0 Å². The standard InChI is InChI=1S/C12H20N2O2/c1-3-7-14(8-4-6-13)12(15)11-10(2)5-9-16-11/h5,9H,3-4,6-8,13H2,1-2H3. The lowest BCUT2D eigenvalue weighted by Gasteiger charge is -2.20. The van der Waals surface area contributed by atoms with Gasteiger partial charge in [0.05, 0.1) is 6.26 Å². The molecule has 1 rings (SSSR count). The minimum atomic E-state index is -0.0298. The molecule has 0 saturated heterocycles. The highest BCUT2D eigenvalue weighted by Gasteiger charge is 2.19. The Morgan fingerprint density at radius 2 is 2.25 bits per heavy atom. The van der Waals surface area contributed by atoms with E-state index in [-0.39, 0.29) is 5.91 Å². The number of rotatable bonds is 6. The Morgan fingerprint density at radius 3 is 2.75 bits per heavy atom. The molecule has 0 fully saturated rings. The highest BCUT2D eigenvalue weighted by Crippen LogP contribution is 2.12. The molecule has 0 radical (unpaired) electrons. The van der Waals surface area contributed by atoms with Crippen LogP contribution in [-0.4, -0.2) is 30.4 Å². The van der Waals surface area contributed by atoms with E-state index in [1.165, 1.54) is 0 Å². The van der Waals surface area contributed by atoms with Crippen LogP contribution in [0.1, 0.15) is 35.9 Å². The van der Waals surface area contributed by atoms with Crippen molar-refractivity contribution in [2.45, 2.75) is 26.7 Å². The van der Waals surface area contributed by atoms with Gasteiger partial charge in [-0.15, -0.1) is 0 Å². The normalized spacial score (nSPS) is 10.4. The Kier molecular flexibility index (Phi) is 5.05. The molecule has 4 nitrogen and oxygen atoms in total. The van der Waals surface area contributed by atoms with Crippen molar-refractivity contribution in [2.75, 3.05) is 19.6 Å². The van der Waals surface area contributed by atoms with Gasteiger partial charge in [-0.25, -0.2) is 0 Å². The molecule has 0 unspecified atom stereocenters. The molecule has 0 saturated carbocycles. The fourth-order valence-electron chi connectivity index (χ4n) is 1.60. The lowest BCUT2D eigenvalue weighted by Crippen LogP contribution is -2.33. The molecule has 16 heavy (non-hydrogen) atoms. The molecule has 90 valence electrons. The van der Waals surface area contributed by atoms with Crippen LogP contribution < -0.4 is 5.73 Å². The van der Waals surface area contributed by atoms with Crippen LogP contribution in [0.3, 0.4) is 0 Å². The molecule has 1 aromatic rings. The van der Waals surface area contributed by atoms with E-state index in [1.54, 1.807) is 17.2 Å². The third kappa shape index (κ3) is 3.10. The van der Waals surface area contributed by atoms with E-state index in [0.717, 1.165) is 24.9 Å². The monoisotopic (exact) mass is 224 g/mol. The number of hydrogen-bond acceptors (Lipinski definition) is 3. The van der Waals surface area contributed by atoms with Crippen molar-refractivity contribution in [3.05, 3.63) is 23.7 Å². The average molecular weight is 224 g/mol. The number of carbonyl (C=O) groups excluding carboxylic acids is 1. The maximum atomic E-state index is 12.1. The van der Waals surface area contributed by atoms with Gasteiger partial charge in [-0.2, -0.15) is 0 Å². The van der Waals surface area contributed by atoms with E-state index < -0.39 is 0 Å². The molecular weight excluding hydrogens is 204 g/mol. The lowest BCUT2D eigenvalue weighted by molar-refractivity contribution is 0.0721. The highest BCUT2D eigenvalue weighted by molar-refractivity contribution is 5.92. The summed E-state index contributed by atoms with van der Waals surface area (Å²) in [6.45, 7) is 5.98. The van der Waals surface area contributed by atoms with Gasteiger partial charge in [0.2, 0.25) is 0 Å². The lowest BCUT2D eigenvalue weighted by atomic mass is 10.2. The molecule has 1 amide bonds. The summed E-state index contributed by atoms with van der Waals surface area (Å²) >= 11 is 0. The second-order valence-electron chi connectivity index (χ2n) is 3.87. The summed E-state index contributed by atoms with van der Waals surface area (Å²) in [6, 6.07) is 1.81. The van der Waals surface area contributed by atoms with E-state index in [2.05, 4.69) is 6.92 Å². The Labute approximate surface area is 96.4 Å². The number of nitrogens with zero attached hydrogens (tertiary/aromatic N) is 1. The van der Waals surface area contributed by atoms with E-state index in [1.807, 2.05) is 6.92 Å². The van der Waals surface area contributed by atoms with Crippen LogP contribution in [0.2, 0.25) is 0 Å². The zero-order valence-corrected chi connectivity index (χ0v) is 10.0. The highest BCUT2D eigenvalue weighted by atomic mass is 16.3. The van der Waals surface area contributed by atoms with Crippen LogP contribution in [0.15, 0.2) is 16.7 Å². The van der Waals surface area contributed by atoms with Crippen LogP contribution in [0.4, 0.5) is 0 Å². The van der Waals surface area contributed by atoms with Gasteiger partial charge in [-0.1, -0.05) is 6.92 Å². The van der Waals surface area contributed by atoms with Gasteiger partial charge in [0, 0.05) is 18.7 Å². The first-order valence-corrected chi connectivity index (χ1v) is 5.74. The molecule has 0 aromatic carbocycles. The van der Waals surface area contributed by atoms with Crippen LogP contribution in [0.25, 0.3) is 0 Å². The topological polar surface area (TPSA) is 59.5 Å². The molecule has 1 aromatic heterocycles. The van der Waals surface area contributed by atoms with Gasteiger partial charge in [0.25, 0.3) is 5.91 Å². The summed E-state index contributed by atoms with van der Waals surface area (Å²) in [5.41, 5.74) is 6.35. The maximum Gasteiger partial charge on any atom is 0.289 e. The van der Waals surface area contributed by atoms with Crippen molar-refractivity contribution in [1.29, 1.82) is 0 Å². The van der Waals surface area contributed by atoms with E-state index in [0.29, 0.717) is 18.8 Å². The maximum absolute atomic E-state index is 12.1. The van der Waals surface area contributed by atoms with Crippen molar-refractivity contribution in [2.24, 2.45) is 5.73 Å². The fraction of sp³-hybridized carbons (Fsp3) is 0.583. The summed E-state index contributed by atoms with van der Waals surface area (Å²) in [5, 5.41) is 0. The van der Waals surface area contributed by atoms with Crippen molar-refractivity contribution in [3.63, 3.8) is 0 Å². The molecular formula is C12H20N2O2. The first-order chi connectivity index (χ1) is 7.70.